The number of alkyl halides is 3. The molecule has 6 nitrogen and oxygen atoms in total. The van der Waals surface area contributed by atoms with Crippen LogP contribution in [0.2, 0.25) is 0 Å². The average Bonchev–Trinajstić information content (AvgIpc) is 3.30. The van der Waals surface area contributed by atoms with Gasteiger partial charge in [0.15, 0.2) is 0 Å². The van der Waals surface area contributed by atoms with Gasteiger partial charge in [-0.15, -0.1) is 13.2 Å². The second kappa shape index (κ2) is 8.14. The molecule has 0 radical (unpaired) electrons. The highest BCUT2D eigenvalue weighted by atomic mass is 19.4. The average molecular weight is 467 g/mol. The van der Waals surface area contributed by atoms with Gasteiger partial charge in [0.05, 0.1) is 5.56 Å². The molecule has 0 amide bonds. The van der Waals surface area contributed by atoms with Crippen LogP contribution in [0.5, 0.6) is 5.75 Å². The first-order valence-corrected chi connectivity index (χ1v) is 9.89. The zero-order valence-electron chi connectivity index (χ0n) is 17.1. The molecule has 0 fully saturated rings. The first-order chi connectivity index (χ1) is 16.3. The Labute approximate surface area is 188 Å². The van der Waals surface area contributed by atoms with Crippen molar-refractivity contribution < 1.29 is 26.8 Å². The van der Waals surface area contributed by atoms with Crippen molar-refractivity contribution in [2.24, 2.45) is 0 Å². The molecule has 0 aliphatic heterocycles. The fourth-order valence-corrected chi connectivity index (χ4v) is 3.51. The Morgan fingerprint density at radius 1 is 0.882 bits per heavy atom. The summed E-state index contributed by atoms with van der Waals surface area (Å²) in [5.74, 6) is -0.585. The van der Waals surface area contributed by atoms with Crippen molar-refractivity contribution in [1.82, 2.24) is 14.7 Å². The van der Waals surface area contributed by atoms with Crippen LogP contribution in [0.1, 0.15) is 0 Å². The van der Waals surface area contributed by atoms with Crippen molar-refractivity contribution >= 4 is 10.8 Å². The number of nitrogens with zero attached hydrogens (tertiary/aromatic N) is 3. The van der Waals surface area contributed by atoms with E-state index in [-0.39, 0.29) is 23.0 Å². The number of fused-ring (bicyclic) bond motifs is 1. The van der Waals surface area contributed by atoms with Crippen LogP contribution in [0.25, 0.3) is 39.3 Å². The fraction of sp³-hybridized carbons (Fsp3) is 0.0417. The van der Waals surface area contributed by atoms with Crippen molar-refractivity contribution in [2.45, 2.75) is 6.36 Å². The van der Waals surface area contributed by atoms with Crippen LogP contribution in [0.3, 0.4) is 0 Å². The first kappa shape index (κ1) is 21.4. The Hall–Kier alpha value is -4.47. The van der Waals surface area contributed by atoms with E-state index in [1.807, 2.05) is 0 Å². The van der Waals surface area contributed by atoms with Gasteiger partial charge >= 0.3 is 6.36 Å². The highest BCUT2D eigenvalue weighted by Gasteiger charge is 2.31. The summed E-state index contributed by atoms with van der Waals surface area (Å²) in [7, 11) is 0. The predicted octanol–water partition coefficient (Wildman–Crippen LogP) is 5.75. The van der Waals surface area contributed by atoms with Crippen molar-refractivity contribution in [1.29, 1.82) is 0 Å². The molecular weight excluding hydrogens is 454 g/mol. The Bertz CT molecular complexity index is 1540. The summed E-state index contributed by atoms with van der Waals surface area (Å²) in [6.07, 6.45) is -3.27. The Morgan fingerprint density at radius 3 is 2.24 bits per heavy atom. The zero-order valence-corrected chi connectivity index (χ0v) is 17.1. The minimum atomic E-state index is -4.80. The minimum absolute atomic E-state index is 0.0951. The van der Waals surface area contributed by atoms with E-state index in [1.54, 1.807) is 24.3 Å². The molecule has 5 aromatic rings. The molecule has 0 N–H and O–H groups in total. The lowest BCUT2D eigenvalue weighted by atomic mass is 10.1. The number of aromatic nitrogens is 3. The first-order valence-electron chi connectivity index (χ1n) is 9.89. The maximum absolute atomic E-state index is 13.4. The monoisotopic (exact) mass is 467 g/mol. The lowest BCUT2D eigenvalue weighted by Gasteiger charge is -2.10. The molecule has 0 spiro atoms. The zero-order chi connectivity index (χ0) is 23.9. The molecule has 0 bridgehead atoms. The maximum Gasteiger partial charge on any atom is 0.573 e. The summed E-state index contributed by atoms with van der Waals surface area (Å²) >= 11 is 0. The van der Waals surface area contributed by atoms with E-state index in [1.165, 1.54) is 47.2 Å². The summed E-state index contributed by atoms with van der Waals surface area (Å²) in [6.45, 7) is 0. The number of hydrogen-bond acceptors (Lipinski definition) is 5. The fourth-order valence-electron chi connectivity index (χ4n) is 3.51. The van der Waals surface area contributed by atoms with E-state index in [2.05, 4.69) is 14.9 Å². The topological polar surface area (TPSA) is 70.2 Å². The molecule has 0 saturated carbocycles. The molecule has 0 aliphatic rings. The molecule has 3 aromatic carbocycles. The predicted molar refractivity (Wildman–Crippen MR) is 115 cm³/mol. The van der Waals surface area contributed by atoms with Gasteiger partial charge < -0.3 is 9.26 Å². The molecule has 5 rings (SSSR count). The molecule has 0 atom stereocenters. The molecule has 0 aliphatic carbocycles. The minimum Gasteiger partial charge on any atom is -0.406 e. The van der Waals surface area contributed by atoms with Gasteiger partial charge in [-0.1, -0.05) is 23.4 Å². The molecule has 2 heterocycles. The van der Waals surface area contributed by atoms with Crippen LogP contribution in [0.15, 0.2) is 88.3 Å². The molecule has 170 valence electrons. The van der Waals surface area contributed by atoms with Crippen LogP contribution in [-0.2, 0) is 0 Å². The third-order valence-corrected chi connectivity index (χ3v) is 5.03. The van der Waals surface area contributed by atoms with E-state index in [0.717, 1.165) is 12.1 Å². The van der Waals surface area contributed by atoms with Gasteiger partial charge in [0.2, 0.25) is 5.82 Å². The van der Waals surface area contributed by atoms with Crippen molar-refractivity contribution in [3.05, 3.63) is 95.2 Å². The number of benzene rings is 3. The van der Waals surface area contributed by atoms with E-state index >= 15 is 0 Å². The third kappa shape index (κ3) is 4.13. The summed E-state index contributed by atoms with van der Waals surface area (Å²) < 4.78 is 61.2. The van der Waals surface area contributed by atoms with E-state index in [9.17, 15) is 22.4 Å². The summed E-state index contributed by atoms with van der Waals surface area (Å²) in [5.41, 5.74) is 0.986. The van der Waals surface area contributed by atoms with E-state index < -0.39 is 12.2 Å². The Kier molecular flexibility index (Phi) is 5.12. The Morgan fingerprint density at radius 2 is 1.56 bits per heavy atom. The van der Waals surface area contributed by atoms with Crippen LogP contribution >= 0.6 is 0 Å². The van der Waals surface area contributed by atoms with Gasteiger partial charge in [-0.3, -0.25) is 9.36 Å². The van der Waals surface area contributed by atoms with Crippen LogP contribution < -0.4 is 10.3 Å². The highest BCUT2D eigenvalue weighted by molar-refractivity contribution is 5.94. The van der Waals surface area contributed by atoms with Crippen molar-refractivity contribution in [3.63, 3.8) is 0 Å². The van der Waals surface area contributed by atoms with Crippen LogP contribution in [0.4, 0.5) is 17.6 Å². The largest absolute Gasteiger partial charge is 0.573 e. The maximum atomic E-state index is 13.4. The molecular formula is C24H13F4N3O3. The van der Waals surface area contributed by atoms with Gasteiger partial charge in [0.1, 0.15) is 11.6 Å². The van der Waals surface area contributed by atoms with Crippen molar-refractivity contribution in [2.75, 3.05) is 0 Å². The van der Waals surface area contributed by atoms with Gasteiger partial charge in [0, 0.05) is 28.2 Å². The normalized spacial score (nSPS) is 11.6. The quantitative estimate of drug-likeness (QED) is 0.315. The molecule has 34 heavy (non-hydrogen) atoms. The molecule has 0 unspecified atom stereocenters. The number of halogens is 4. The summed E-state index contributed by atoms with van der Waals surface area (Å²) in [4.78, 5) is 17.4. The summed E-state index contributed by atoms with van der Waals surface area (Å²) in [6, 6.07) is 17.3. The van der Waals surface area contributed by atoms with E-state index in [4.69, 9.17) is 4.52 Å². The number of ether oxygens (including phenoxy) is 1. The number of rotatable bonds is 4. The van der Waals surface area contributed by atoms with Crippen LogP contribution in [0, 0.1) is 5.82 Å². The van der Waals surface area contributed by atoms with Gasteiger partial charge in [-0.2, -0.15) is 4.98 Å². The third-order valence-electron chi connectivity index (χ3n) is 5.03. The standard InChI is InChI=1S/C24H13F4N3O3/c25-15-7-9-16(10-8-15)31-13-20(18-3-1-2-4-19(18)23(31)32)22-29-21(30-34-22)14-5-11-17(12-6-14)33-24(26,27)28/h1-13H. The second-order valence-corrected chi connectivity index (χ2v) is 7.24. The van der Waals surface area contributed by atoms with E-state index in [0.29, 0.717) is 27.6 Å². The van der Waals surface area contributed by atoms with Crippen LogP contribution in [-0.4, -0.2) is 21.1 Å². The second-order valence-electron chi connectivity index (χ2n) is 7.24. The highest BCUT2D eigenvalue weighted by Crippen LogP contribution is 2.30. The molecule has 10 heteroatoms. The van der Waals surface area contributed by atoms with Gasteiger partial charge in [-0.25, -0.2) is 4.39 Å². The SMILES string of the molecule is O=c1c2ccccc2c(-c2nc(-c3ccc(OC(F)(F)F)cc3)no2)cn1-c1ccc(F)cc1. The molecule has 2 aromatic heterocycles. The van der Waals surface area contributed by atoms with Gasteiger partial charge in [0.25, 0.3) is 11.4 Å². The number of hydrogen-bond donors (Lipinski definition) is 0. The summed E-state index contributed by atoms with van der Waals surface area (Å²) in [5, 5.41) is 4.88. The smallest absolute Gasteiger partial charge is 0.406 e. The van der Waals surface area contributed by atoms with Gasteiger partial charge in [-0.05, 0) is 54.6 Å². The van der Waals surface area contributed by atoms with Crippen molar-refractivity contribution in [3.8, 4) is 34.3 Å². The number of pyridine rings is 1. The molecule has 0 saturated heterocycles. The lowest BCUT2D eigenvalue weighted by Crippen LogP contribution is -2.18. The lowest BCUT2D eigenvalue weighted by molar-refractivity contribution is -0.274. The Balaban J connectivity index is 1.58.